The Balaban J connectivity index is 1.95. The average Bonchev–Trinajstić information content (AvgIpc) is 2.90. The number of carbonyl (C=O) groups is 1. The molecule has 0 saturated heterocycles. The standard InChI is InChI=1S/C16H12F2N4OS/c1-8-19-13(10-3-11(17)5-12(18)4-10)6-14(20-8)16(23)22-15-7-24-9(2)21-15/h3-7H,1-2H3,(H,22,23). The van der Waals surface area contributed by atoms with Gasteiger partial charge in [0.15, 0.2) is 0 Å². The van der Waals surface area contributed by atoms with Gasteiger partial charge in [0.05, 0.1) is 10.7 Å². The van der Waals surface area contributed by atoms with E-state index in [4.69, 9.17) is 0 Å². The highest BCUT2D eigenvalue weighted by Gasteiger charge is 2.14. The second-order valence-electron chi connectivity index (χ2n) is 5.05. The third-order valence-electron chi connectivity index (χ3n) is 3.09. The number of hydrogen-bond donors (Lipinski definition) is 1. The summed E-state index contributed by atoms with van der Waals surface area (Å²) in [5, 5.41) is 5.16. The summed E-state index contributed by atoms with van der Waals surface area (Å²) >= 11 is 1.41. The Morgan fingerprint density at radius 3 is 2.38 bits per heavy atom. The van der Waals surface area contributed by atoms with E-state index in [1.807, 2.05) is 6.92 Å². The van der Waals surface area contributed by atoms with E-state index in [0.717, 1.165) is 23.2 Å². The van der Waals surface area contributed by atoms with Crippen LogP contribution in [-0.4, -0.2) is 20.9 Å². The van der Waals surface area contributed by atoms with Crippen molar-refractivity contribution in [3.8, 4) is 11.3 Å². The van der Waals surface area contributed by atoms with Gasteiger partial charge in [-0.2, -0.15) is 0 Å². The van der Waals surface area contributed by atoms with Crippen LogP contribution in [0, 0.1) is 25.5 Å². The van der Waals surface area contributed by atoms with E-state index in [1.165, 1.54) is 17.4 Å². The van der Waals surface area contributed by atoms with Gasteiger partial charge in [0.25, 0.3) is 5.91 Å². The molecule has 3 rings (SSSR count). The van der Waals surface area contributed by atoms with Crippen molar-refractivity contribution in [1.82, 2.24) is 15.0 Å². The minimum Gasteiger partial charge on any atom is -0.304 e. The van der Waals surface area contributed by atoms with Gasteiger partial charge in [0.2, 0.25) is 0 Å². The molecule has 122 valence electrons. The molecule has 2 aromatic heterocycles. The van der Waals surface area contributed by atoms with Crippen molar-refractivity contribution >= 4 is 23.1 Å². The van der Waals surface area contributed by atoms with Crippen LogP contribution in [0.25, 0.3) is 11.3 Å². The Bertz CT molecular complexity index is 906. The Kier molecular flexibility index (Phi) is 4.30. The lowest BCUT2D eigenvalue weighted by Crippen LogP contribution is -2.15. The molecule has 2 heterocycles. The monoisotopic (exact) mass is 346 g/mol. The average molecular weight is 346 g/mol. The molecule has 0 aliphatic rings. The number of benzene rings is 1. The molecule has 0 aliphatic carbocycles. The molecule has 24 heavy (non-hydrogen) atoms. The van der Waals surface area contributed by atoms with Crippen LogP contribution in [0.2, 0.25) is 0 Å². The van der Waals surface area contributed by atoms with Crippen molar-refractivity contribution < 1.29 is 13.6 Å². The predicted octanol–water partition coefficient (Wildman–Crippen LogP) is 3.75. The quantitative estimate of drug-likeness (QED) is 0.784. The second-order valence-corrected chi connectivity index (χ2v) is 6.11. The van der Waals surface area contributed by atoms with E-state index in [1.54, 1.807) is 12.3 Å². The van der Waals surface area contributed by atoms with Crippen molar-refractivity contribution in [3.05, 3.63) is 57.8 Å². The minimum atomic E-state index is -0.717. The summed E-state index contributed by atoms with van der Waals surface area (Å²) < 4.78 is 26.8. The largest absolute Gasteiger partial charge is 0.304 e. The van der Waals surface area contributed by atoms with E-state index in [9.17, 15) is 13.6 Å². The Morgan fingerprint density at radius 2 is 1.75 bits per heavy atom. The van der Waals surface area contributed by atoms with Crippen molar-refractivity contribution in [2.24, 2.45) is 0 Å². The van der Waals surface area contributed by atoms with Crippen LogP contribution >= 0.6 is 11.3 Å². The molecule has 0 saturated carbocycles. The highest BCUT2D eigenvalue weighted by atomic mass is 32.1. The number of aryl methyl sites for hydroxylation is 2. The summed E-state index contributed by atoms with van der Waals surface area (Å²) in [6, 6.07) is 4.46. The SMILES string of the molecule is Cc1nc(C(=O)Nc2csc(C)n2)cc(-c2cc(F)cc(F)c2)n1. The number of hydrogen-bond acceptors (Lipinski definition) is 5. The van der Waals surface area contributed by atoms with Gasteiger partial charge >= 0.3 is 0 Å². The van der Waals surface area contributed by atoms with Crippen molar-refractivity contribution in [3.63, 3.8) is 0 Å². The second kappa shape index (κ2) is 6.40. The predicted molar refractivity (Wildman–Crippen MR) is 86.9 cm³/mol. The third-order valence-corrected chi connectivity index (χ3v) is 3.86. The smallest absolute Gasteiger partial charge is 0.275 e. The molecule has 0 unspecified atom stereocenters. The highest BCUT2D eigenvalue weighted by molar-refractivity contribution is 7.09. The number of rotatable bonds is 3. The molecule has 0 radical (unpaired) electrons. The van der Waals surface area contributed by atoms with Gasteiger partial charge in [0.1, 0.15) is 29.0 Å². The fourth-order valence-electron chi connectivity index (χ4n) is 2.13. The fraction of sp³-hybridized carbons (Fsp3) is 0.125. The van der Waals surface area contributed by atoms with Crippen molar-refractivity contribution in [2.45, 2.75) is 13.8 Å². The topological polar surface area (TPSA) is 67.8 Å². The summed E-state index contributed by atoms with van der Waals surface area (Å²) in [6.07, 6.45) is 0. The first kappa shape index (κ1) is 16.1. The van der Waals surface area contributed by atoms with Crippen LogP contribution in [-0.2, 0) is 0 Å². The molecular weight excluding hydrogens is 334 g/mol. The number of thiazole rings is 1. The Morgan fingerprint density at radius 1 is 1.04 bits per heavy atom. The lowest BCUT2D eigenvalue weighted by Gasteiger charge is -2.07. The Labute approximate surface area is 140 Å². The van der Waals surface area contributed by atoms with Crippen LogP contribution in [0.1, 0.15) is 21.3 Å². The number of aromatic nitrogens is 3. The van der Waals surface area contributed by atoms with Gasteiger partial charge in [0, 0.05) is 17.0 Å². The molecule has 8 heteroatoms. The van der Waals surface area contributed by atoms with Gasteiger partial charge in [-0.25, -0.2) is 23.7 Å². The normalized spacial score (nSPS) is 10.7. The van der Waals surface area contributed by atoms with Crippen LogP contribution in [0.3, 0.4) is 0 Å². The molecule has 0 bridgehead atoms. The van der Waals surface area contributed by atoms with Crippen LogP contribution in [0.15, 0.2) is 29.6 Å². The molecule has 5 nitrogen and oxygen atoms in total. The summed E-state index contributed by atoms with van der Waals surface area (Å²) in [7, 11) is 0. The van der Waals surface area contributed by atoms with Gasteiger partial charge in [-0.15, -0.1) is 11.3 Å². The maximum Gasteiger partial charge on any atom is 0.275 e. The molecule has 1 aromatic carbocycles. The zero-order valence-electron chi connectivity index (χ0n) is 12.8. The summed E-state index contributed by atoms with van der Waals surface area (Å²) in [6.45, 7) is 3.43. The van der Waals surface area contributed by atoms with Crippen molar-refractivity contribution in [1.29, 1.82) is 0 Å². The van der Waals surface area contributed by atoms with E-state index in [0.29, 0.717) is 11.6 Å². The maximum atomic E-state index is 13.4. The first-order valence-corrected chi connectivity index (χ1v) is 7.84. The van der Waals surface area contributed by atoms with E-state index in [2.05, 4.69) is 20.3 Å². The van der Waals surface area contributed by atoms with Gasteiger partial charge in [-0.3, -0.25) is 4.79 Å². The molecule has 0 atom stereocenters. The number of amides is 1. The fourth-order valence-corrected chi connectivity index (χ4v) is 2.68. The molecule has 1 N–H and O–H groups in total. The number of halogens is 2. The van der Waals surface area contributed by atoms with E-state index >= 15 is 0 Å². The molecule has 1 amide bonds. The van der Waals surface area contributed by atoms with Gasteiger partial charge in [-0.1, -0.05) is 0 Å². The first-order chi connectivity index (χ1) is 11.4. The third kappa shape index (κ3) is 3.60. The zero-order valence-corrected chi connectivity index (χ0v) is 13.6. The molecule has 0 aliphatic heterocycles. The molecule has 0 fully saturated rings. The summed E-state index contributed by atoms with van der Waals surface area (Å²) in [5.74, 6) is -1.16. The van der Waals surface area contributed by atoms with Crippen LogP contribution in [0.5, 0.6) is 0 Å². The van der Waals surface area contributed by atoms with Crippen LogP contribution < -0.4 is 5.32 Å². The number of nitrogens with zero attached hydrogens (tertiary/aromatic N) is 3. The first-order valence-electron chi connectivity index (χ1n) is 6.96. The Hall–Kier alpha value is -2.74. The van der Waals surface area contributed by atoms with E-state index in [-0.39, 0.29) is 17.0 Å². The van der Waals surface area contributed by atoms with E-state index < -0.39 is 17.5 Å². The van der Waals surface area contributed by atoms with Gasteiger partial charge in [-0.05, 0) is 32.0 Å². The lowest BCUT2D eigenvalue weighted by molar-refractivity contribution is 0.102. The van der Waals surface area contributed by atoms with Crippen molar-refractivity contribution in [2.75, 3.05) is 5.32 Å². The lowest BCUT2D eigenvalue weighted by atomic mass is 10.1. The molecule has 0 spiro atoms. The molecular formula is C16H12F2N4OS. The zero-order chi connectivity index (χ0) is 17.3. The summed E-state index contributed by atoms with van der Waals surface area (Å²) in [4.78, 5) is 24.7. The number of anilines is 1. The highest BCUT2D eigenvalue weighted by Crippen LogP contribution is 2.21. The molecule has 3 aromatic rings. The number of carbonyl (C=O) groups excluding carboxylic acids is 1. The van der Waals surface area contributed by atoms with Gasteiger partial charge < -0.3 is 5.32 Å². The maximum absolute atomic E-state index is 13.4. The minimum absolute atomic E-state index is 0.0906. The number of nitrogens with one attached hydrogen (secondary N) is 1. The van der Waals surface area contributed by atoms with Crippen LogP contribution in [0.4, 0.5) is 14.6 Å². The summed E-state index contributed by atoms with van der Waals surface area (Å²) in [5.41, 5.74) is 0.588.